The molecular weight excluding hydrogens is 551 g/mol. The molecule has 2 fully saturated rings. The Morgan fingerprint density at radius 2 is 2.05 bits per heavy atom. The predicted octanol–water partition coefficient (Wildman–Crippen LogP) is 4.11. The van der Waals surface area contributed by atoms with Crippen LogP contribution in [-0.2, 0) is 11.2 Å². The van der Waals surface area contributed by atoms with Gasteiger partial charge >= 0.3 is 0 Å². The lowest BCUT2D eigenvalue weighted by Gasteiger charge is -2.32. The number of aliphatic hydroxyl groups excluding tert-OH is 1. The second-order valence-corrected chi connectivity index (χ2v) is 12.3. The van der Waals surface area contributed by atoms with Gasteiger partial charge in [-0.2, -0.15) is 9.78 Å². The molecule has 13 heteroatoms. The van der Waals surface area contributed by atoms with E-state index in [4.69, 9.17) is 15.1 Å². The highest BCUT2D eigenvalue weighted by molar-refractivity contribution is 7.20. The molecule has 1 amide bonds. The summed E-state index contributed by atoms with van der Waals surface area (Å²) in [6, 6.07) is 8.30. The Kier molecular flexibility index (Phi) is 7.16. The maximum absolute atomic E-state index is 13.5. The number of thiazole rings is 1. The first kappa shape index (κ1) is 26.6. The Hall–Kier alpha value is -3.60. The van der Waals surface area contributed by atoms with Crippen molar-refractivity contribution in [3.05, 3.63) is 40.7 Å². The fourth-order valence-electron chi connectivity index (χ4n) is 5.32. The molecule has 4 heterocycles. The average Bonchev–Trinajstić information content (AvgIpc) is 3.70. The van der Waals surface area contributed by atoms with Gasteiger partial charge in [-0.1, -0.05) is 29.6 Å². The van der Waals surface area contributed by atoms with E-state index in [9.17, 15) is 19.6 Å². The second-order valence-electron chi connectivity index (χ2n) is 10.4. The Morgan fingerprint density at radius 3 is 2.75 bits per heavy atom. The van der Waals surface area contributed by atoms with Crippen LogP contribution in [0.1, 0.15) is 43.2 Å². The number of imidazole rings is 1. The molecule has 0 bridgehead atoms. The monoisotopic (exact) mass is 580 g/mol. The van der Waals surface area contributed by atoms with Gasteiger partial charge in [-0.05, 0) is 55.9 Å². The van der Waals surface area contributed by atoms with Crippen LogP contribution >= 0.6 is 22.7 Å². The minimum Gasteiger partial charge on any atom is -0.393 e. The smallest absolute Gasteiger partial charge is 0.220 e. The maximum atomic E-state index is 13.5. The number of nitrogens with zero attached hydrogens (tertiary/aromatic N) is 7. The highest BCUT2D eigenvalue weighted by atomic mass is 32.1. The summed E-state index contributed by atoms with van der Waals surface area (Å²) in [5.74, 6) is 0.751. The van der Waals surface area contributed by atoms with Gasteiger partial charge in [-0.25, -0.2) is 14.4 Å². The zero-order valence-electron chi connectivity index (χ0n) is 22.2. The van der Waals surface area contributed by atoms with E-state index in [0.29, 0.717) is 46.9 Å². The Balaban J connectivity index is 1.21. The largest absolute Gasteiger partial charge is 0.393 e. The summed E-state index contributed by atoms with van der Waals surface area (Å²) in [6.45, 7) is 3.61. The predicted molar refractivity (Wildman–Crippen MR) is 153 cm³/mol. The molecule has 1 aliphatic carbocycles. The van der Waals surface area contributed by atoms with Crippen LogP contribution in [0.3, 0.4) is 0 Å². The molecule has 0 spiro atoms. The number of hydrogen-bond acceptors (Lipinski definition) is 10. The van der Waals surface area contributed by atoms with Gasteiger partial charge in [-0.3, -0.25) is 4.79 Å². The zero-order chi connectivity index (χ0) is 28.0. The topological polar surface area (TPSA) is 123 Å². The molecular formula is C27H29FN8O2S2. The highest BCUT2D eigenvalue weighted by Gasteiger charge is 2.32. The van der Waals surface area contributed by atoms with Crippen LogP contribution < -0.4 is 15.1 Å². The number of carbonyl (C=O) groups is 1. The Labute approximate surface area is 238 Å². The Bertz CT molecular complexity index is 1580. The average molecular weight is 581 g/mol. The third-order valence-corrected chi connectivity index (χ3v) is 9.53. The molecule has 1 unspecified atom stereocenters. The van der Waals surface area contributed by atoms with E-state index in [1.165, 1.54) is 34.8 Å². The Morgan fingerprint density at radius 1 is 1.27 bits per heavy atom. The molecule has 208 valence electrons. The van der Waals surface area contributed by atoms with Gasteiger partial charge in [-0.15, -0.1) is 5.10 Å². The molecule has 0 radical (unpaired) electrons. The van der Waals surface area contributed by atoms with Gasteiger partial charge in [0.2, 0.25) is 16.0 Å². The van der Waals surface area contributed by atoms with Gasteiger partial charge in [0.15, 0.2) is 10.9 Å². The number of anilines is 3. The summed E-state index contributed by atoms with van der Waals surface area (Å²) in [5.41, 5.74) is 2.08. The molecule has 1 saturated heterocycles. The van der Waals surface area contributed by atoms with Crippen LogP contribution in [0.25, 0.3) is 16.2 Å². The molecule has 1 atom stereocenters. The number of nitrogens with one attached hydrogen (secondary N) is 1. The number of aliphatic hydroxyl groups is 1. The van der Waals surface area contributed by atoms with Crippen LogP contribution in [0.2, 0.25) is 0 Å². The summed E-state index contributed by atoms with van der Waals surface area (Å²) >= 11 is 2.79. The number of halogens is 1. The van der Waals surface area contributed by atoms with E-state index >= 15 is 0 Å². The quantitative estimate of drug-likeness (QED) is 0.319. The molecule has 6 rings (SSSR count). The molecule has 2 N–H and O–H groups in total. The van der Waals surface area contributed by atoms with Crippen LogP contribution in [0.15, 0.2) is 24.3 Å². The van der Waals surface area contributed by atoms with Gasteiger partial charge < -0.3 is 20.2 Å². The van der Waals surface area contributed by atoms with Crippen molar-refractivity contribution < 1.29 is 14.3 Å². The van der Waals surface area contributed by atoms with Crippen molar-refractivity contribution in [2.45, 2.75) is 51.2 Å². The molecule has 10 nitrogen and oxygen atoms in total. The number of hydrogen-bond donors (Lipinski definition) is 2. The highest BCUT2D eigenvalue weighted by Crippen LogP contribution is 2.39. The van der Waals surface area contributed by atoms with Crippen molar-refractivity contribution in [2.24, 2.45) is 5.92 Å². The molecule has 2 aliphatic rings. The van der Waals surface area contributed by atoms with Crippen LogP contribution in [-0.4, -0.2) is 62.9 Å². The number of aromatic nitrogens is 4. The van der Waals surface area contributed by atoms with E-state index in [1.807, 2.05) is 23.4 Å². The van der Waals surface area contributed by atoms with Crippen molar-refractivity contribution >= 4 is 49.6 Å². The standard InChI is InChI=1S/C27H29FN8O2S2/c1-3-20-24(34(2)25-32-23(21(13-29)39-25)16-4-6-17(28)7-5-16)36-26(31-20)40-27(33-36)35-9-8-15(14-35)10-22(38)30-18-11-19(37)12-18/h4-7,15,18-19,37H,3,8-12,14H2,1-2H3,(H,30,38). The fraction of sp³-hybridized carbons (Fsp3) is 0.444. The second kappa shape index (κ2) is 10.8. The number of aryl methyl sites for hydroxylation is 1. The molecule has 40 heavy (non-hydrogen) atoms. The van der Waals surface area contributed by atoms with Gasteiger partial charge in [0.05, 0.1) is 11.8 Å². The molecule has 1 aliphatic heterocycles. The van der Waals surface area contributed by atoms with E-state index in [-0.39, 0.29) is 29.8 Å². The summed E-state index contributed by atoms with van der Waals surface area (Å²) < 4.78 is 15.3. The minimum atomic E-state index is -0.342. The van der Waals surface area contributed by atoms with E-state index in [0.717, 1.165) is 41.1 Å². The first-order chi connectivity index (χ1) is 19.3. The summed E-state index contributed by atoms with van der Waals surface area (Å²) in [4.78, 5) is 27.4. The van der Waals surface area contributed by atoms with E-state index in [2.05, 4.69) is 16.3 Å². The molecule has 1 aromatic carbocycles. The van der Waals surface area contributed by atoms with Crippen LogP contribution in [0.4, 0.5) is 20.5 Å². The first-order valence-corrected chi connectivity index (χ1v) is 15.0. The van der Waals surface area contributed by atoms with Gasteiger partial charge in [0, 0.05) is 38.2 Å². The van der Waals surface area contributed by atoms with Crippen molar-refractivity contribution in [3.8, 4) is 17.3 Å². The number of amides is 1. The maximum Gasteiger partial charge on any atom is 0.220 e. The minimum absolute atomic E-state index is 0.0504. The lowest BCUT2D eigenvalue weighted by molar-refractivity contribution is -0.123. The number of carbonyl (C=O) groups excluding carboxylic acids is 1. The number of benzene rings is 1. The summed E-state index contributed by atoms with van der Waals surface area (Å²) in [6.07, 6.45) is 3.09. The van der Waals surface area contributed by atoms with Crippen LogP contribution in [0, 0.1) is 23.1 Å². The molecule has 4 aromatic rings. The van der Waals surface area contributed by atoms with Crippen molar-refractivity contribution in [3.63, 3.8) is 0 Å². The summed E-state index contributed by atoms with van der Waals surface area (Å²) in [7, 11) is 1.89. The SMILES string of the molecule is CCc1nc2sc(N3CCC(CC(=O)NC4CC(O)C4)C3)nn2c1N(C)c1nc(-c2ccc(F)cc2)c(C#N)s1. The van der Waals surface area contributed by atoms with Gasteiger partial charge in [0.1, 0.15) is 22.5 Å². The fourth-order valence-corrected chi connectivity index (χ4v) is 7.12. The molecule has 1 saturated carbocycles. The van der Waals surface area contributed by atoms with E-state index in [1.54, 1.807) is 12.1 Å². The summed E-state index contributed by atoms with van der Waals surface area (Å²) in [5, 5.41) is 28.6. The van der Waals surface area contributed by atoms with Crippen molar-refractivity contribution in [1.82, 2.24) is 24.9 Å². The first-order valence-electron chi connectivity index (χ1n) is 13.3. The van der Waals surface area contributed by atoms with Gasteiger partial charge in [0.25, 0.3) is 0 Å². The lowest BCUT2D eigenvalue weighted by Crippen LogP contribution is -2.47. The lowest BCUT2D eigenvalue weighted by atomic mass is 9.89. The normalized spacial score (nSPS) is 20.5. The third-order valence-electron chi connectivity index (χ3n) is 7.52. The van der Waals surface area contributed by atoms with Crippen molar-refractivity contribution in [2.75, 3.05) is 29.9 Å². The molecule has 3 aromatic heterocycles. The zero-order valence-corrected chi connectivity index (χ0v) is 23.8. The number of nitriles is 1. The van der Waals surface area contributed by atoms with Crippen LogP contribution in [0.5, 0.6) is 0 Å². The third kappa shape index (κ3) is 5.02. The van der Waals surface area contributed by atoms with Crippen molar-refractivity contribution in [1.29, 1.82) is 5.26 Å². The number of fused-ring (bicyclic) bond motifs is 1. The van der Waals surface area contributed by atoms with E-state index < -0.39 is 0 Å². The number of rotatable bonds is 8.